The first-order chi connectivity index (χ1) is 14.3. The second kappa shape index (κ2) is 7.64. The molecule has 1 N–H and O–H groups in total. The van der Waals surface area contributed by atoms with Crippen LogP contribution in [0.1, 0.15) is 12.8 Å². The van der Waals surface area contributed by atoms with E-state index in [0.717, 1.165) is 53.1 Å². The van der Waals surface area contributed by atoms with Crippen LogP contribution in [0, 0.1) is 5.82 Å². The standard InChI is InChI=1S/C23H21FN4O/c24-17-8-10-18(11-9-17)28-14-20(16-5-2-1-3-6-16)21-22(26-15-27-23(21)28)25-13-19-7-4-12-29-19/h1-3,5-6,8-11,14-15,19H,4,7,12-13H2,(H,25,26,27)/t19-/m1/s1. The van der Waals surface area contributed by atoms with Crippen LogP contribution in [-0.2, 0) is 4.74 Å². The van der Waals surface area contributed by atoms with Gasteiger partial charge in [0.05, 0.1) is 11.5 Å². The summed E-state index contributed by atoms with van der Waals surface area (Å²) in [5, 5.41) is 4.41. The zero-order chi connectivity index (χ0) is 19.6. The molecule has 0 radical (unpaired) electrons. The molecule has 6 heteroatoms. The monoisotopic (exact) mass is 388 g/mol. The number of hydrogen-bond donors (Lipinski definition) is 1. The summed E-state index contributed by atoms with van der Waals surface area (Å²) in [4.78, 5) is 9.08. The van der Waals surface area contributed by atoms with Gasteiger partial charge in [-0.25, -0.2) is 14.4 Å². The van der Waals surface area contributed by atoms with Crippen LogP contribution in [0.3, 0.4) is 0 Å². The smallest absolute Gasteiger partial charge is 0.150 e. The third-order valence-electron chi connectivity index (χ3n) is 5.29. The average Bonchev–Trinajstić information content (AvgIpc) is 3.42. The van der Waals surface area contributed by atoms with Gasteiger partial charge >= 0.3 is 0 Å². The number of ether oxygens (including phenoxy) is 1. The Morgan fingerprint density at radius 2 is 1.90 bits per heavy atom. The van der Waals surface area contributed by atoms with E-state index >= 15 is 0 Å². The van der Waals surface area contributed by atoms with Crippen LogP contribution in [0.4, 0.5) is 10.2 Å². The first kappa shape index (κ1) is 17.8. The molecule has 5 nitrogen and oxygen atoms in total. The van der Waals surface area contributed by atoms with Crippen LogP contribution >= 0.6 is 0 Å². The Balaban J connectivity index is 1.65. The van der Waals surface area contributed by atoms with Gasteiger partial charge in [-0.15, -0.1) is 0 Å². The van der Waals surface area contributed by atoms with Gasteiger partial charge in [0.15, 0.2) is 5.65 Å². The van der Waals surface area contributed by atoms with Crippen molar-refractivity contribution >= 4 is 16.9 Å². The fourth-order valence-electron chi connectivity index (χ4n) is 3.85. The van der Waals surface area contributed by atoms with Gasteiger partial charge in [0.1, 0.15) is 18.0 Å². The number of nitrogens with zero attached hydrogens (tertiary/aromatic N) is 3. The number of benzene rings is 2. The quantitative estimate of drug-likeness (QED) is 0.533. The molecule has 0 spiro atoms. The minimum absolute atomic E-state index is 0.208. The number of rotatable bonds is 5. The van der Waals surface area contributed by atoms with E-state index in [-0.39, 0.29) is 11.9 Å². The Morgan fingerprint density at radius 1 is 1.07 bits per heavy atom. The van der Waals surface area contributed by atoms with Crippen molar-refractivity contribution in [1.82, 2.24) is 14.5 Å². The normalized spacial score (nSPS) is 16.4. The second-order valence-electron chi connectivity index (χ2n) is 7.19. The van der Waals surface area contributed by atoms with Crippen molar-refractivity contribution in [3.8, 4) is 16.8 Å². The van der Waals surface area contributed by atoms with E-state index in [1.807, 2.05) is 29.0 Å². The molecule has 0 bridgehead atoms. The SMILES string of the molecule is Fc1ccc(-n2cc(-c3ccccc3)c3c(NC[C@H]4CCCO4)ncnc32)cc1. The minimum Gasteiger partial charge on any atom is -0.376 e. The number of nitrogens with one attached hydrogen (secondary N) is 1. The molecule has 29 heavy (non-hydrogen) atoms. The topological polar surface area (TPSA) is 52.0 Å². The molecule has 0 saturated carbocycles. The summed E-state index contributed by atoms with van der Waals surface area (Å²) in [6.07, 6.45) is 5.97. The zero-order valence-corrected chi connectivity index (χ0v) is 15.9. The van der Waals surface area contributed by atoms with Gasteiger partial charge in [0.25, 0.3) is 0 Å². The van der Waals surface area contributed by atoms with Crippen molar-refractivity contribution in [3.63, 3.8) is 0 Å². The highest BCUT2D eigenvalue weighted by molar-refractivity contribution is 6.02. The highest BCUT2D eigenvalue weighted by atomic mass is 19.1. The molecule has 2 aromatic carbocycles. The van der Waals surface area contributed by atoms with Gasteiger partial charge in [-0.1, -0.05) is 30.3 Å². The fraction of sp³-hybridized carbons (Fsp3) is 0.217. The van der Waals surface area contributed by atoms with E-state index in [1.165, 1.54) is 12.1 Å². The Hall–Kier alpha value is -3.25. The molecule has 0 amide bonds. The van der Waals surface area contributed by atoms with E-state index in [2.05, 4.69) is 27.4 Å². The number of fused-ring (bicyclic) bond motifs is 1. The Morgan fingerprint density at radius 3 is 2.66 bits per heavy atom. The molecule has 1 saturated heterocycles. The summed E-state index contributed by atoms with van der Waals surface area (Å²) in [7, 11) is 0. The predicted molar refractivity (Wildman–Crippen MR) is 112 cm³/mol. The van der Waals surface area contributed by atoms with Crippen molar-refractivity contribution in [3.05, 3.63) is 72.9 Å². The molecular weight excluding hydrogens is 367 g/mol. The summed E-state index contributed by atoms with van der Waals surface area (Å²) in [6.45, 7) is 1.53. The zero-order valence-electron chi connectivity index (χ0n) is 15.9. The minimum atomic E-state index is -0.262. The van der Waals surface area contributed by atoms with Crippen molar-refractivity contribution in [2.45, 2.75) is 18.9 Å². The van der Waals surface area contributed by atoms with Crippen LogP contribution in [-0.4, -0.2) is 33.8 Å². The number of halogens is 1. The Kier molecular flexibility index (Phi) is 4.69. The van der Waals surface area contributed by atoms with Crippen LogP contribution in [0.15, 0.2) is 67.1 Å². The lowest BCUT2D eigenvalue weighted by molar-refractivity contribution is 0.120. The van der Waals surface area contributed by atoms with Crippen LogP contribution in [0.2, 0.25) is 0 Å². The van der Waals surface area contributed by atoms with Gasteiger partial charge < -0.3 is 14.6 Å². The van der Waals surface area contributed by atoms with Gasteiger partial charge in [-0.2, -0.15) is 0 Å². The lowest BCUT2D eigenvalue weighted by Gasteiger charge is -2.12. The molecule has 1 aliphatic rings. The number of hydrogen-bond acceptors (Lipinski definition) is 4. The van der Waals surface area contributed by atoms with E-state index in [4.69, 9.17) is 4.74 Å². The third kappa shape index (κ3) is 3.47. The van der Waals surface area contributed by atoms with Gasteiger partial charge in [0.2, 0.25) is 0 Å². The van der Waals surface area contributed by atoms with Crippen molar-refractivity contribution in [2.24, 2.45) is 0 Å². The molecule has 1 aliphatic heterocycles. The maximum Gasteiger partial charge on any atom is 0.150 e. The highest BCUT2D eigenvalue weighted by Crippen LogP contribution is 2.35. The van der Waals surface area contributed by atoms with E-state index in [9.17, 15) is 4.39 Å². The number of aromatic nitrogens is 3. The number of anilines is 1. The molecule has 5 rings (SSSR count). The van der Waals surface area contributed by atoms with Crippen molar-refractivity contribution < 1.29 is 9.13 Å². The summed E-state index contributed by atoms with van der Waals surface area (Å²) < 4.78 is 21.2. The molecule has 1 fully saturated rings. The summed E-state index contributed by atoms with van der Waals surface area (Å²) >= 11 is 0. The molecule has 1 atom stereocenters. The Labute approximate surface area is 168 Å². The molecule has 0 unspecified atom stereocenters. The highest BCUT2D eigenvalue weighted by Gasteiger charge is 2.19. The second-order valence-corrected chi connectivity index (χ2v) is 7.19. The summed E-state index contributed by atoms with van der Waals surface area (Å²) in [6, 6.07) is 16.6. The van der Waals surface area contributed by atoms with Gasteiger partial charge in [0, 0.05) is 30.6 Å². The molecule has 146 valence electrons. The summed E-state index contributed by atoms with van der Waals surface area (Å²) in [5.41, 5.74) is 3.73. The third-order valence-corrected chi connectivity index (χ3v) is 5.29. The van der Waals surface area contributed by atoms with E-state index < -0.39 is 0 Å². The maximum atomic E-state index is 13.4. The average molecular weight is 388 g/mol. The largest absolute Gasteiger partial charge is 0.376 e. The van der Waals surface area contributed by atoms with Crippen LogP contribution < -0.4 is 5.32 Å². The van der Waals surface area contributed by atoms with Crippen LogP contribution in [0.25, 0.3) is 27.8 Å². The van der Waals surface area contributed by atoms with Crippen molar-refractivity contribution in [2.75, 3.05) is 18.5 Å². The van der Waals surface area contributed by atoms with Crippen LogP contribution in [0.5, 0.6) is 0 Å². The fourth-order valence-corrected chi connectivity index (χ4v) is 3.85. The molecule has 0 aliphatic carbocycles. The lowest BCUT2D eigenvalue weighted by Crippen LogP contribution is -2.19. The molecule has 4 aromatic rings. The molecular formula is C23H21FN4O. The lowest BCUT2D eigenvalue weighted by atomic mass is 10.1. The van der Waals surface area contributed by atoms with Gasteiger partial charge in [-0.3, -0.25) is 0 Å². The summed E-state index contributed by atoms with van der Waals surface area (Å²) in [5.74, 6) is 0.521. The molecule has 3 heterocycles. The van der Waals surface area contributed by atoms with E-state index in [0.29, 0.717) is 6.54 Å². The first-order valence-corrected chi connectivity index (χ1v) is 9.82. The van der Waals surface area contributed by atoms with E-state index in [1.54, 1.807) is 18.5 Å². The Bertz CT molecular complexity index is 1120. The van der Waals surface area contributed by atoms with Gasteiger partial charge in [-0.05, 0) is 42.7 Å². The predicted octanol–water partition coefficient (Wildman–Crippen LogP) is 4.82. The maximum absolute atomic E-state index is 13.4. The first-order valence-electron chi connectivity index (χ1n) is 9.82. The van der Waals surface area contributed by atoms with Crippen molar-refractivity contribution in [1.29, 1.82) is 0 Å². The molecule has 2 aromatic heterocycles.